The van der Waals surface area contributed by atoms with Crippen molar-refractivity contribution in [1.82, 2.24) is 9.97 Å². The van der Waals surface area contributed by atoms with Crippen LogP contribution in [0, 0.1) is 0 Å². The number of aromatic nitrogens is 2. The number of aromatic carboxylic acids is 1. The molecule has 3 aromatic rings. The summed E-state index contributed by atoms with van der Waals surface area (Å²) in [7, 11) is 0. The molecule has 1 saturated heterocycles. The normalized spacial score (nSPS) is 16.2. The number of carbonyl (C=O) groups is 1. The molecule has 0 bridgehead atoms. The van der Waals surface area contributed by atoms with E-state index in [2.05, 4.69) is 27.0 Å². The van der Waals surface area contributed by atoms with E-state index in [0.29, 0.717) is 22.4 Å². The number of ether oxygens (including phenoxy) is 1. The van der Waals surface area contributed by atoms with E-state index in [1.165, 1.54) is 11.8 Å². The second-order valence-corrected chi connectivity index (χ2v) is 7.99. The molecule has 2 aromatic carbocycles. The van der Waals surface area contributed by atoms with Crippen LogP contribution in [-0.4, -0.2) is 33.6 Å². The largest absolute Gasteiger partial charge is 0.486 e. The fourth-order valence-electron chi connectivity index (χ4n) is 3.90. The number of nitrogens with zero attached hydrogens (tertiary/aromatic N) is 3. The van der Waals surface area contributed by atoms with Gasteiger partial charge < -0.3 is 14.7 Å². The summed E-state index contributed by atoms with van der Waals surface area (Å²) in [6, 6.07) is 17.7. The first kappa shape index (κ1) is 21.1. The third kappa shape index (κ3) is 5.14. The Kier molecular flexibility index (Phi) is 6.67. The van der Waals surface area contributed by atoms with E-state index in [9.17, 15) is 9.90 Å². The van der Waals surface area contributed by atoms with Gasteiger partial charge in [-0.2, -0.15) is 0 Å². The highest BCUT2D eigenvalue weighted by Gasteiger charge is 2.26. The molecule has 1 fully saturated rings. The number of para-hydroxylation sites is 1. The number of benzene rings is 2. The van der Waals surface area contributed by atoms with Crippen LogP contribution in [-0.2, 0) is 13.0 Å². The Hall–Kier alpha value is -3.12. The maximum atomic E-state index is 11.7. The summed E-state index contributed by atoms with van der Waals surface area (Å²) in [5.74, 6) is -0.0484. The molecule has 31 heavy (non-hydrogen) atoms. The summed E-state index contributed by atoms with van der Waals surface area (Å²) < 4.78 is 5.77. The number of hydrogen-bond acceptors (Lipinski definition) is 5. The van der Waals surface area contributed by atoms with Gasteiger partial charge in [-0.1, -0.05) is 54.1 Å². The van der Waals surface area contributed by atoms with Crippen molar-refractivity contribution in [3.05, 3.63) is 82.6 Å². The van der Waals surface area contributed by atoms with Crippen LogP contribution in [0.4, 0.5) is 5.95 Å². The van der Waals surface area contributed by atoms with Crippen molar-refractivity contribution in [2.45, 2.75) is 38.3 Å². The average molecular weight is 438 g/mol. The lowest BCUT2D eigenvalue weighted by Gasteiger charge is -2.36. The van der Waals surface area contributed by atoms with Crippen LogP contribution in [0.2, 0.25) is 5.02 Å². The van der Waals surface area contributed by atoms with Crippen molar-refractivity contribution < 1.29 is 14.6 Å². The Morgan fingerprint density at radius 2 is 1.90 bits per heavy atom. The zero-order valence-corrected chi connectivity index (χ0v) is 17.8. The molecule has 1 atom stereocenters. The highest BCUT2D eigenvalue weighted by atomic mass is 35.5. The van der Waals surface area contributed by atoms with E-state index in [4.69, 9.17) is 16.3 Å². The number of hydrogen-bond donors (Lipinski definition) is 1. The van der Waals surface area contributed by atoms with E-state index in [1.807, 2.05) is 30.3 Å². The zero-order valence-electron chi connectivity index (χ0n) is 17.1. The van der Waals surface area contributed by atoms with Crippen molar-refractivity contribution in [2.24, 2.45) is 0 Å². The van der Waals surface area contributed by atoms with Gasteiger partial charge in [0.05, 0.1) is 10.7 Å². The standard InChI is InChI=1S/C24H24ClN3O3/c25-20-11-4-5-12-22(20)31-16-21-19(23(29)30)15-26-24(27-21)28-13-7-6-10-18(28)14-17-8-2-1-3-9-17/h1-5,8-9,11-12,15,18H,6-7,10,13-14,16H2,(H,29,30)/t18-/m1/s1. The first-order valence-corrected chi connectivity index (χ1v) is 10.8. The summed E-state index contributed by atoms with van der Waals surface area (Å²) in [6.45, 7) is 0.840. The van der Waals surface area contributed by atoms with Gasteiger partial charge in [0.15, 0.2) is 0 Å². The average Bonchev–Trinajstić information content (AvgIpc) is 2.79. The van der Waals surface area contributed by atoms with Gasteiger partial charge >= 0.3 is 5.97 Å². The van der Waals surface area contributed by atoms with Crippen molar-refractivity contribution in [2.75, 3.05) is 11.4 Å². The van der Waals surface area contributed by atoms with Crippen LogP contribution >= 0.6 is 11.6 Å². The third-order valence-corrected chi connectivity index (χ3v) is 5.80. The SMILES string of the molecule is O=C(O)c1cnc(N2CCCC[C@@H]2Cc2ccccc2)nc1COc1ccccc1Cl. The van der Waals surface area contributed by atoms with Crippen LogP contribution in [0.5, 0.6) is 5.75 Å². The molecular formula is C24H24ClN3O3. The molecule has 1 aromatic heterocycles. The van der Waals surface area contributed by atoms with E-state index in [0.717, 1.165) is 32.2 Å². The molecule has 1 aliphatic rings. The molecule has 1 N–H and O–H groups in total. The van der Waals surface area contributed by atoms with E-state index < -0.39 is 5.97 Å². The van der Waals surface area contributed by atoms with Gasteiger partial charge in [0, 0.05) is 18.8 Å². The van der Waals surface area contributed by atoms with Crippen molar-refractivity contribution in [3.8, 4) is 5.75 Å². The second-order valence-electron chi connectivity index (χ2n) is 7.59. The zero-order chi connectivity index (χ0) is 21.6. The van der Waals surface area contributed by atoms with Crippen molar-refractivity contribution in [3.63, 3.8) is 0 Å². The number of carboxylic acid groups (broad SMARTS) is 1. The molecule has 0 aliphatic carbocycles. The molecule has 0 unspecified atom stereocenters. The molecule has 6 nitrogen and oxygen atoms in total. The maximum Gasteiger partial charge on any atom is 0.339 e. The van der Waals surface area contributed by atoms with Crippen molar-refractivity contribution >= 4 is 23.5 Å². The molecule has 0 saturated carbocycles. The summed E-state index contributed by atoms with van der Waals surface area (Å²) in [5, 5.41) is 10.1. The van der Waals surface area contributed by atoms with Gasteiger partial charge in [0.2, 0.25) is 5.95 Å². The molecular weight excluding hydrogens is 414 g/mol. The predicted molar refractivity (Wildman–Crippen MR) is 120 cm³/mol. The lowest BCUT2D eigenvalue weighted by molar-refractivity contribution is 0.0692. The molecule has 0 amide bonds. The Labute approximate surface area is 186 Å². The van der Waals surface area contributed by atoms with Crippen LogP contribution in [0.25, 0.3) is 0 Å². The summed E-state index contributed by atoms with van der Waals surface area (Å²) in [4.78, 5) is 22.9. The van der Waals surface area contributed by atoms with Gasteiger partial charge in [0.25, 0.3) is 0 Å². The van der Waals surface area contributed by atoms with Crippen LogP contribution in [0.15, 0.2) is 60.8 Å². The number of rotatable bonds is 7. The highest BCUT2D eigenvalue weighted by Crippen LogP contribution is 2.27. The summed E-state index contributed by atoms with van der Waals surface area (Å²) in [6.07, 6.45) is 5.54. The molecule has 4 rings (SSSR count). The fraction of sp³-hybridized carbons (Fsp3) is 0.292. The Morgan fingerprint density at radius 3 is 2.68 bits per heavy atom. The van der Waals surface area contributed by atoms with Gasteiger partial charge in [0.1, 0.15) is 17.9 Å². The molecule has 7 heteroatoms. The number of halogens is 1. The molecule has 2 heterocycles. The van der Waals surface area contributed by atoms with Gasteiger partial charge in [-0.15, -0.1) is 0 Å². The number of piperidine rings is 1. The van der Waals surface area contributed by atoms with Gasteiger partial charge in [-0.05, 0) is 43.4 Å². The van der Waals surface area contributed by atoms with Crippen LogP contribution < -0.4 is 9.64 Å². The Balaban J connectivity index is 1.59. The first-order valence-electron chi connectivity index (χ1n) is 10.4. The highest BCUT2D eigenvalue weighted by molar-refractivity contribution is 6.32. The molecule has 1 aliphatic heterocycles. The smallest absolute Gasteiger partial charge is 0.339 e. The minimum atomic E-state index is -1.08. The fourth-order valence-corrected chi connectivity index (χ4v) is 4.09. The molecule has 160 valence electrons. The van der Waals surface area contributed by atoms with Gasteiger partial charge in [-0.25, -0.2) is 14.8 Å². The van der Waals surface area contributed by atoms with Crippen molar-refractivity contribution in [1.29, 1.82) is 0 Å². The third-order valence-electron chi connectivity index (χ3n) is 5.48. The molecule has 0 spiro atoms. The Morgan fingerprint density at radius 1 is 1.13 bits per heavy atom. The van der Waals surface area contributed by atoms with E-state index in [-0.39, 0.29) is 18.2 Å². The van der Waals surface area contributed by atoms with Gasteiger partial charge in [-0.3, -0.25) is 0 Å². The second kappa shape index (κ2) is 9.79. The summed E-state index contributed by atoms with van der Waals surface area (Å²) in [5.41, 5.74) is 1.64. The number of anilines is 1. The lowest BCUT2D eigenvalue weighted by atomic mass is 9.96. The predicted octanol–water partition coefficient (Wildman–Crippen LogP) is 5.01. The summed E-state index contributed by atoms with van der Waals surface area (Å²) >= 11 is 6.16. The lowest BCUT2D eigenvalue weighted by Crippen LogP contribution is -2.42. The minimum absolute atomic E-state index is 0.00191. The Bertz CT molecular complexity index is 1050. The van der Waals surface area contributed by atoms with E-state index >= 15 is 0 Å². The van der Waals surface area contributed by atoms with E-state index in [1.54, 1.807) is 12.1 Å². The first-order chi connectivity index (χ1) is 15.1. The monoisotopic (exact) mass is 437 g/mol. The quantitative estimate of drug-likeness (QED) is 0.560. The van der Waals surface area contributed by atoms with Crippen LogP contribution in [0.3, 0.4) is 0 Å². The topological polar surface area (TPSA) is 75.5 Å². The maximum absolute atomic E-state index is 11.7. The number of carboxylic acids is 1. The molecule has 0 radical (unpaired) electrons. The van der Waals surface area contributed by atoms with Crippen LogP contribution in [0.1, 0.15) is 40.9 Å². The minimum Gasteiger partial charge on any atom is -0.486 e.